The lowest BCUT2D eigenvalue weighted by atomic mass is 9.85. The van der Waals surface area contributed by atoms with Crippen LogP contribution in [0.1, 0.15) is 19.3 Å². The molecule has 3 atom stereocenters. The number of aliphatic hydroxyl groups excluding tert-OH is 1. The quantitative estimate of drug-likeness (QED) is 0.505. The second kappa shape index (κ2) is 4.26. The van der Waals surface area contributed by atoms with Gasteiger partial charge in [0.1, 0.15) is 6.10 Å². The predicted octanol–water partition coefficient (Wildman–Crippen LogP) is 0.875. The molecule has 1 fully saturated rings. The maximum Gasteiger partial charge on any atom is 0.293 e. The average Bonchev–Trinajstić information content (AvgIpc) is 2.09. The third-order valence-corrected chi connectivity index (χ3v) is 2.36. The first kappa shape index (κ1) is 9.26. The molecule has 0 radical (unpaired) electrons. The molecule has 0 amide bonds. The Morgan fingerprint density at radius 2 is 2.25 bits per heavy atom. The van der Waals surface area contributed by atoms with Crippen molar-refractivity contribution in [3.8, 4) is 0 Å². The van der Waals surface area contributed by atoms with E-state index < -0.39 is 6.10 Å². The topological polar surface area (TPSA) is 46.5 Å². The number of hydrogen-bond acceptors (Lipinski definition) is 3. The van der Waals surface area contributed by atoms with Crippen molar-refractivity contribution >= 4 is 6.47 Å². The van der Waals surface area contributed by atoms with Gasteiger partial charge in [-0.15, -0.1) is 6.58 Å². The van der Waals surface area contributed by atoms with E-state index in [1.807, 2.05) is 6.08 Å². The van der Waals surface area contributed by atoms with Crippen molar-refractivity contribution in [3.05, 3.63) is 12.7 Å². The van der Waals surface area contributed by atoms with E-state index in [9.17, 15) is 9.90 Å². The minimum atomic E-state index is -0.494. The average molecular weight is 170 g/mol. The molecule has 1 N–H and O–H groups in total. The van der Waals surface area contributed by atoms with Crippen molar-refractivity contribution < 1.29 is 14.6 Å². The van der Waals surface area contributed by atoms with Crippen LogP contribution in [0.25, 0.3) is 0 Å². The summed E-state index contributed by atoms with van der Waals surface area (Å²) in [5.41, 5.74) is 0. The molecule has 1 saturated carbocycles. The van der Waals surface area contributed by atoms with E-state index in [2.05, 4.69) is 6.58 Å². The zero-order valence-corrected chi connectivity index (χ0v) is 6.98. The van der Waals surface area contributed by atoms with Crippen LogP contribution in [-0.4, -0.2) is 23.8 Å². The molecule has 68 valence electrons. The van der Waals surface area contributed by atoms with E-state index in [1.165, 1.54) is 0 Å². The Morgan fingerprint density at radius 3 is 2.83 bits per heavy atom. The minimum absolute atomic E-state index is 0.334. The Bertz CT molecular complexity index is 167. The van der Waals surface area contributed by atoms with Gasteiger partial charge < -0.3 is 9.84 Å². The van der Waals surface area contributed by atoms with E-state index in [1.54, 1.807) is 0 Å². The smallest absolute Gasteiger partial charge is 0.293 e. The normalized spacial score (nSPS) is 35.6. The van der Waals surface area contributed by atoms with Crippen LogP contribution < -0.4 is 0 Å². The Labute approximate surface area is 72.0 Å². The summed E-state index contributed by atoms with van der Waals surface area (Å²) >= 11 is 0. The number of aliphatic hydroxyl groups is 1. The van der Waals surface area contributed by atoms with Gasteiger partial charge in [-0.2, -0.15) is 0 Å². The first-order chi connectivity index (χ1) is 5.77. The lowest BCUT2D eigenvalue weighted by Crippen LogP contribution is -2.35. The van der Waals surface area contributed by atoms with Gasteiger partial charge in [-0.3, -0.25) is 4.79 Å². The van der Waals surface area contributed by atoms with Crippen molar-refractivity contribution in [1.82, 2.24) is 0 Å². The molecule has 0 heterocycles. The Morgan fingerprint density at radius 1 is 1.50 bits per heavy atom. The molecule has 0 aromatic heterocycles. The summed E-state index contributed by atoms with van der Waals surface area (Å²) < 4.78 is 4.75. The van der Waals surface area contributed by atoms with E-state index in [-0.39, 0.29) is 6.10 Å². The first-order valence-corrected chi connectivity index (χ1v) is 4.17. The largest absolute Gasteiger partial charge is 0.462 e. The number of allylic oxidation sites excluding steroid dienone is 1. The highest BCUT2D eigenvalue weighted by Crippen LogP contribution is 2.26. The van der Waals surface area contributed by atoms with Crippen LogP contribution in [0.2, 0.25) is 0 Å². The number of rotatable bonds is 3. The summed E-state index contributed by atoms with van der Waals surface area (Å²) in [5, 5.41) is 9.40. The third kappa shape index (κ3) is 2.08. The second-order valence-corrected chi connectivity index (χ2v) is 3.15. The number of carbonyl (C=O) groups excluding carboxylic acids is 1. The first-order valence-electron chi connectivity index (χ1n) is 4.17. The van der Waals surface area contributed by atoms with Gasteiger partial charge in [-0.1, -0.05) is 6.08 Å². The summed E-state index contributed by atoms with van der Waals surface area (Å²) in [7, 11) is 0. The molecule has 3 unspecified atom stereocenters. The van der Waals surface area contributed by atoms with Gasteiger partial charge >= 0.3 is 0 Å². The van der Waals surface area contributed by atoms with Gasteiger partial charge in [0.2, 0.25) is 0 Å². The van der Waals surface area contributed by atoms with Gasteiger partial charge in [0.05, 0.1) is 6.10 Å². The second-order valence-electron chi connectivity index (χ2n) is 3.15. The number of hydrogen-bond donors (Lipinski definition) is 1. The Hall–Kier alpha value is -0.830. The maximum atomic E-state index is 10.1. The van der Waals surface area contributed by atoms with Gasteiger partial charge in [-0.05, 0) is 25.2 Å². The predicted molar refractivity (Wildman–Crippen MR) is 44.5 cm³/mol. The van der Waals surface area contributed by atoms with Gasteiger partial charge in [0.25, 0.3) is 6.47 Å². The maximum absolute atomic E-state index is 10.1. The molecule has 3 heteroatoms. The fourth-order valence-electron chi connectivity index (χ4n) is 1.58. The summed E-state index contributed by atoms with van der Waals surface area (Å²) in [6.07, 6.45) is 3.35. The number of ether oxygens (including phenoxy) is 1. The van der Waals surface area contributed by atoms with Crippen molar-refractivity contribution in [2.24, 2.45) is 5.92 Å². The molecule has 12 heavy (non-hydrogen) atoms. The molecule has 0 aliphatic heterocycles. The molecule has 0 saturated heterocycles. The van der Waals surface area contributed by atoms with Crippen molar-refractivity contribution in [1.29, 1.82) is 0 Å². The van der Waals surface area contributed by atoms with E-state index in [0.717, 1.165) is 6.42 Å². The Kier molecular flexibility index (Phi) is 3.29. The molecular weight excluding hydrogens is 156 g/mol. The third-order valence-electron chi connectivity index (χ3n) is 2.36. The SMILES string of the molecule is C=CC1CCC(O)C(OC=O)C1. The van der Waals surface area contributed by atoms with Crippen LogP contribution in [0.15, 0.2) is 12.7 Å². The summed E-state index contributed by atoms with van der Waals surface area (Å²) in [5.74, 6) is 0.373. The molecule has 0 aromatic rings. The van der Waals surface area contributed by atoms with Crippen LogP contribution >= 0.6 is 0 Å². The van der Waals surface area contributed by atoms with E-state index >= 15 is 0 Å². The molecule has 0 bridgehead atoms. The van der Waals surface area contributed by atoms with Crippen LogP contribution in [-0.2, 0) is 9.53 Å². The van der Waals surface area contributed by atoms with E-state index in [4.69, 9.17) is 4.74 Å². The molecular formula is C9H14O3. The molecule has 1 rings (SSSR count). The van der Waals surface area contributed by atoms with Crippen LogP contribution in [0.3, 0.4) is 0 Å². The monoisotopic (exact) mass is 170 g/mol. The molecule has 1 aliphatic rings. The van der Waals surface area contributed by atoms with Gasteiger partial charge in [0, 0.05) is 0 Å². The van der Waals surface area contributed by atoms with E-state index in [0.29, 0.717) is 25.2 Å². The zero-order chi connectivity index (χ0) is 8.97. The van der Waals surface area contributed by atoms with Crippen molar-refractivity contribution in [3.63, 3.8) is 0 Å². The van der Waals surface area contributed by atoms with Gasteiger partial charge in [0.15, 0.2) is 0 Å². The number of carbonyl (C=O) groups is 1. The van der Waals surface area contributed by atoms with Crippen LogP contribution in [0.4, 0.5) is 0 Å². The highest BCUT2D eigenvalue weighted by atomic mass is 16.5. The summed E-state index contributed by atoms with van der Waals surface area (Å²) in [6.45, 7) is 4.08. The highest BCUT2D eigenvalue weighted by Gasteiger charge is 2.28. The molecule has 0 spiro atoms. The standard InChI is InChI=1S/C9H14O3/c1-2-7-3-4-8(11)9(5-7)12-6-10/h2,6-9,11H,1,3-5H2. The lowest BCUT2D eigenvalue weighted by molar-refractivity contribution is -0.142. The Balaban J connectivity index is 2.46. The summed E-state index contributed by atoms with van der Waals surface area (Å²) in [6, 6.07) is 0. The summed E-state index contributed by atoms with van der Waals surface area (Å²) in [4.78, 5) is 10.1. The highest BCUT2D eigenvalue weighted by molar-refractivity contribution is 5.37. The minimum Gasteiger partial charge on any atom is -0.462 e. The van der Waals surface area contributed by atoms with Crippen LogP contribution in [0.5, 0.6) is 0 Å². The fraction of sp³-hybridized carbons (Fsp3) is 0.667. The molecule has 0 aromatic carbocycles. The lowest BCUT2D eigenvalue weighted by Gasteiger charge is -2.30. The fourth-order valence-corrected chi connectivity index (χ4v) is 1.58. The molecule has 1 aliphatic carbocycles. The zero-order valence-electron chi connectivity index (χ0n) is 6.98. The van der Waals surface area contributed by atoms with Crippen molar-refractivity contribution in [2.75, 3.05) is 0 Å². The van der Waals surface area contributed by atoms with Crippen molar-refractivity contribution in [2.45, 2.75) is 31.5 Å². The molecule has 3 nitrogen and oxygen atoms in total. The van der Waals surface area contributed by atoms with Gasteiger partial charge in [-0.25, -0.2) is 0 Å². The van der Waals surface area contributed by atoms with Crippen LogP contribution in [0, 0.1) is 5.92 Å².